The Kier molecular flexibility index (Phi) is 4.44. The van der Waals surface area contributed by atoms with E-state index in [0.717, 1.165) is 27.9 Å². The Morgan fingerprint density at radius 2 is 1.91 bits per heavy atom. The van der Waals surface area contributed by atoms with Crippen molar-refractivity contribution in [2.75, 3.05) is 12.8 Å². The van der Waals surface area contributed by atoms with E-state index in [1.165, 1.54) is 0 Å². The van der Waals surface area contributed by atoms with Crippen LogP contribution in [0.5, 0.6) is 5.75 Å². The zero-order valence-corrected chi connectivity index (χ0v) is 13.5. The van der Waals surface area contributed by atoms with Crippen LogP contribution in [0.2, 0.25) is 0 Å². The zero-order valence-electron chi connectivity index (χ0n) is 12.7. The van der Waals surface area contributed by atoms with Gasteiger partial charge in [-0.15, -0.1) is 11.3 Å². The molecule has 23 heavy (non-hydrogen) atoms. The second-order valence-corrected chi connectivity index (χ2v) is 6.16. The van der Waals surface area contributed by atoms with Crippen LogP contribution in [0, 0.1) is 0 Å². The summed E-state index contributed by atoms with van der Waals surface area (Å²) in [5.41, 5.74) is 9.26. The highest BCUT2D eigenvalue weighted by atomic mass is 32.1. The van der Waals surface area contributed by atoms with Gasteiger partial charge in [-0.1, -0.05) is 18.2 Å². The Bertz CT molecular complexity index is 795. The third-order valence-electron chi connectivity index (χ3n) is 3.80. The summed E-state index contributed by atoms with van der Waals surface area (Å²) in [5, 5.41) is 2.04. The van der Waals surface area contributed by atoms with E-state index in [0.29, 0.717) is 11.4 Å². The zero-order chi connectivity index (χ0) is 16.2. The predicted molar refractivity (Wildman–Crippen MR) is 95.1 cm³/mol. The molecule has 0 amide bonds. The lowest BCUT2D eigenvalue weighted by molar-refractivity contribution is -0.108. The fourth-order valence-corrected chi connectivity index (χ4v) is 3.33. The van der Waals surface area contributed by atoms with E-state index in [9.17, 15) is 4.79 Å². The van der Waals surface area contributed by atoms with E-state index in [1.54, 1.807) is 30.6 Å². The fourth-order valence-electron chi connectivity index (χ4n) is 2.61. The maximum atomic E-state index is 11.8. The highest BCUT2D eigenvalue weighted by molar-refractivity contribution is 7.13. The average molecular weight is 323 g/mol. The van der Waals surface area contributed by atoms with Crippen LogP contribution < -0.4 is 10.5 Å². The summed E-state index contributed by atoms with van der Waals surface area (Å²) in [5.74, 6) is 0.324. The topological polar surface area (TPSA) is 52.3 Å². The Morgan fingerprint density at radius 1 is 1.13 bits per heavy atom. The standard InChI is InChI=1S/C19H17NO2S/c1-22-18-9-6-14(19-3-2-10-23-19)11-16(18)17(12-21)13-4-7-15(20)8-5-13/h2-12,17H,20H2,1H3. The van der Waals surface area contributed by atoms with Gasteiger partial charge in [0.1, 0.15) is 12.0 Å². The number of hydrogen-bond donors (Lipinski definition) is 1. The predicted octanol–water partition coefficient (Wildman–Crippen LogP) is 4.34. The summed E-state index contributed by atoms with van der Waals surface area (Å²) in [6.07, 6.45) is 0.946. The number of carbonyl (C=O) groups excluding carboxylic acids is 1. The van der Waals surface area contributed by atoms with Gasteiger partial charge in [0.05, 0.1) is 13.0 Å². The molecule has 3 nitrogen and oxygen atoms in total. The maximum absolute atomic E-state index is 11.8. The van der Waals surface area contributed by atoms with Crippen molar-refractivity contribution in [3.05, 3.63) is 71.1 Å². The molecule has 0 aliphatic heterocycles. The summed E-state index contributed by atoms with van der Waals surface area (Å²) in [4.78, 5) is 12.9. The molecule has 0 bridgehead atoms. The van der Waals surface area contributed by atoms with Crippen molar-refractivity contribution in [3.8, 4) is 16.2 Å². The third-order valence-corrected chi connectivity index (χ3v) is 4.72. The molecule has 4 heteroatoms. The van der Waals surface area contributed by atoms with Crippen molar-refractivity contribution in [2.45, 2.75) is 5.92 Å². The van der Waals surface area contributed by atoms with Gasteiger partial charge < -0.3 is 15.3 Å². The van der Waals surface area contributed by atoms with Crippen molar-refractivity contribution in [1.29, 1.82) is 0 Å². The molecule has 0 radical (unpaired) electrons. The number of rotatable bonds is 5. The summed E-state index contributed by atoms with van der Waals surface area (Å²) in [7, 11) is 1.62. The first-order valence-corrected chi connectivity index (χ1v) is 8.13. The Hall–Kier alpha value is -2.59. The number of anilines is 1. The van der Waals surface area contributed by atoms with Crippen molar-refractivity contribution < 1.29 is 9.53 Å². The lowest BCUT2D eigenvalue weighted by Crippen LogP contribution is -2.05. The average Bonchev–Trinajstić information content (AvgIpc) is 3.12. The molecule has 3 aromatic rings. The quantitative estimate of drug-likeness (QED) is 0.561. The van der Waals surface area contributed by atoms with E-state index in [2.05, 4.69) is 6.07 Å². The number of ether oxygens (including phenoxy) is 1. The van der Waals surface area contributed by atoms with Gasteiger partial charge in [0.25, 0.3) is 0 Å². The number of benzene rings is 2. The Morgan fingerprint density at radius 3 is 2.52 bits per heavy atom. The molecular formula is C19H17NO2S. The van der Waals surface area contributed by atoms with Crippen LogP contribution in [-0.4, -0.2) is 13.4 Å². The summed E-state index contributed by atoms with van der Waals surface area (Å²) >= 11 is 1.67. The number of carbonyl (C=O) groups is 1. The molecule has 1 heterocycles. The summed E-state index contributed by atoms with van der Waals surface area (Å²) in [6, 6.07) is 17.4. The fraction of sp³-hybridized carbons (Fsp3) is 0.105. The molecule has 0 aliphatic rings. The maximum Gasteiger partial charge on any atom is 0.131 e. The summed E-state index contributed by atoms with van der Waals surface area (Å²) < 4.78 is 5.47. The number of nitrogen functional groups attached to an aromatic ring is 1. The second-order valence-electron chi connectivity index (χ2n) is 5.21. The molecule has 0 saturated heterocycles. The van der Waals surface area contributed by atoms with Crippen molar-refractivity contribution in [2.24, 2.45) is 0 Å². The minimum atomic E-state index is -0.384. The van der Waals surface area contributed by atoms with Crippen LogP contribution in [0.25, 0.3) is 10.4 Å². The highest BCUT2D eigenvalue weighted by Gasteiger charge is 2.19. The van der Waals surface area contributed by atoms with Crippen LogP contribution in [0.15, 0.2) is 60.0 Å². The molecule has 1 aromatic heterocycles. The lowest BCUT2D eigenvalue weighted by Gasteiger charge is -2.16. The van der Waals surface area contributed by atoms with Gasteiger partial charge in [-0.3, -0.25) is 0 Å². The van der Waals surface area contributed by atoms with E-state index in [-0.39, 0.29) is 5.92 Å². The number of methoxy groups -OCH3 is 1. The van der Waals surface area contributed by atoms with E-state index >= 15 is 0 Å². The van der Waals surface area contributed by atoms with E-state index in [4.69, 9.17) is 10.5 Å². The number of nitrogens with two attached hydrogens (primary N) is 1. The van der Waals surface area contributed by atoms with Crippen LogP contribution in [0.1, 0.15) is 17.0 Å². The van der Waals surface area contributed by atoms with E-state index in [1.807, 2.05) is 41.8 Å². The first-order valence-electron chi connectivity index (χ1n) is 7.25. The molecule has 1 atom stereocenters. The van der Waals surface area contributed by atoms with Crippen LogP contribution in [-0.2, 0) is 4.79 Å². The van der Waals surface area contributed by atoms with Gasteiger partial charge in [-0.25, -0.2) is 0 Å². The molecule has 0 aliphatic carbocycles. The van der Waals surface area contributed by atoms with Gasteiger partial charge in [0.2, 0.25) is 0 Å². The third kappa shape index (κ3) is 3.12. The molecule has 0 saturated carbocycles. The number of hydrogen-bond acceptors (Lipinski definition) is 4. The Balaban J connectivity index is 2.09. The first-order chi connectivity index (χ1) is 11.2. The molecule has 1 unspecified atom stereocenters. The van der Waals surface area contributed by atoms with Gasteiger partial charge in [0, 0.05) is 16.1 Å². The molecule has 0 fully saturated rings. The van der Waals surface area contributed by atoms with Gasteiger partial charge in [-0.05, 0) is 52.9 Å². The normalized spacial score (nSPS) is 11.9. The molecule has 3 rings (SSSR count). The number of thiophene rings is 1. The molecule has 2 N–H and O–H groups in total. The minimum absolute atomic E-state index is 0.384. The van der Waals surface area contributed by atoms with Crippen molar-refractivity contribution >= 4 is 23.3 Å². The molecule has 116 valence electrons. The van der Waals surface area contributed by atoms with Gasteiger partial charge >= 0.3 is 0 Å². The largest absolute Gasteiger partial charge is 0.496 e. The summed E-state index contributed by atoms with van der Waals surface area (Å²) in [6.45, 7) is 0. The minimum Gasteiger partial charge on any atom is -0.496 e. The smallest absolute Gasteiger partial charge is 0.131 e. The lowest BCUT2D eigenvalue weighted by atomic mass is 9.90. The SMILES string of the molecule is COc1ccc(-c2cccs2)cc1C(C=O)c1ccc(N)cc1. The molecule has 0 spiro atoms. The monoisotopic (exact) mass is 323 g/mol. The van der Waals surface area contributed by atoms with Crippen LogP contribution in [0.4, 0.5) is 5.69 Å². The highest BCUT2D eigenvalue weighted by Crippen LogP contribution is 2.35. The van der Waals surface area contributed by atoms with Crippen LogP contribution >= 0.6 is 11.3 Å². The van der Waals surface area contributed by atoms with Gasteiger partial charge in [0.15, 0.2) is 0 Å². The van der Waals surface area contributed by atoms with Gasteiger partial charge in [-0.2, -0.15) is 0 Å². The Labute approximate surface area is 139 Å². The van der Waals surface area contributed by atoms with Crippen molar-refractivity contribution in [3.63, 3.8) is 0 Å². The second kappa shape index (κ2) is 6.67. The van der Waals surface area contributed by atoms with Crippen molar-refractivity contribution in [1.82, 2.24) is 0 Å². The number of aldehydes is 1. The van der Waals surface area contributed by atoms with E-state index < -0.39 is 0 Å². The van der Waals surface area contributed by atoms with Crippen LogP contribution in [0.3, 0.4) is 0 Å². The first kappa shape index (κ1) is 15.3. The molecular weight excluding hydrogens is 306 g/mol. The molecule has 2 aromatic carbocycles.